The van der Waals surface area contributed by atoms with Crippen LogP contribution < -0.4 is 0 Å². The summed E-state index contributed by atoms with van der Waals surface area (Å²) in [5.74, 6) is -0.398. The van der Waals surface area contributed by atoms with E-state index in [0.29, 0.717) is 5.56 Å². The van der Waals surface area contributed by atoms with Crippen LogP contribution >= 0.6 is 0 Å². The second-order valence-corrected chi connectivity index (χ2v) is 2.53. The number of benzene rings is 1. The van der Waals surface area contributed by atoms with Crippen molar-refractivity contribution in [3.05, 3.63) is 40.5 Å². The molecule has 1 rings (SSSR count). The molecule has 11 heavy (non-hydrogen) atoms. The Morgan fingerprint density at radius 3 is 2.55 bits per heavy atom. The molecule has 0 aliphatic heterocycles. The molecule has 0 amide bonds. The number of hydrogen-bond donors (Lipinski definition) is 0. The summed E-state index contributed by atoms with van der Waals surface area (Å²) in [7, 11) is 0. The molecular weight excluding hydrogens is 141 g/mol. The lowest BCUT2D eigenvalue weighted by Crippen LogP contribution is -1.83. The van der Waals surface area contributed by atoms with Gasteiger partial charge in [-0.2, -0.15) is 0 Å². The summed E-state index contributed by atoms with van der Waals surface area (Å²) in [4.78, 5) is 3.07. The molecule has 0 saturated heterocycles. The molecule has 56 valence electrons. The number of nitrogens with zero attached hydrogens (tertiary/aromatic N) is 1. The van der Waals surface area contributed by atoms with Gasteiger partial charge in [0.1, 0.15) is 5.82 Å². The van der Waals surface area contributed by atoms with Crippen molar-refractivity contribution in [2.75, 3.05) is 0 Å². The van der Waals surface area contributed by atoms with Crippen molar-refractivity contribution in [1.29, 1.82) is 0 Å². The van der Waals surface area contributed by atoms with Gasteiger partial charge in [-0.05, 0) is 19.4 Å². The van der Waals surface area contributed by atoms with Gasteiger partial charge in [-0.25, -0.2) is 9.24 Å². The van der Waals surface area contributed by atoms with Crippen molar-refractivity contribution in [1.82, 2.24) is 0 Å². The van der Waals surface area contributed by atoms with E-state index >= 15 is 0 Å². The molecule has 0 bridgehead atoms. The summed E-state index contributed by atoms with van der Waals surface area (Å²) in [5, 5.41) is 0. The lowest BCUT2D eigenvalue weighted by atomic mass is 10.1. The highest BCUT2D eigenvalue weighted by Gasteiger charge is 2.04. The van der Waals surface area contributed by atoms with Crippen LogP contribution in [0.1, 0.15) is 11.1 Å². The van der Waals surface area contributed by atoms with Gasteiger partial charge in [0.25, 0.3) is 0 Å². The maximum absolute atomic E-state index is 13.0. The minimum Gasteiger partial charge on any atom is -0.235 e. The first-order chi connectivity index (χ1) is 5.15. The SMILES string of the molecule is [C-]#[N+]c1cc(C)cc(C)c1F. The first-order valence-electron chi connectivity index (χ1n) is 3.29. The van der Waals surface area contributed by atoms with Crippen molar-refractivity contribution >= 4 is 5.69 Å². The summed E-state index contributed by atoms with van der Waals surface area (Å²) in [6.07, 6.45) is 0. The number of halogens is 1. The molecule has 1 aromatic rings. The molecule has 0 spiro atoms. The fourth-order valence-electron chi connectivity index (χ4n) is 1.01. The first-order valence-corrected chi connectivity index (χ1v) is 3.29. The Balaban J connectivity index is 3.39. The minimum atomic E-state index is -0.398. The quantitative estimate of drug-likeness (QED) is 0.499. The molecular formula is C9H8FN. The Morgan fingerprint density at radius 2 is 2.00 bits per heavy atom. The van der Waals surface area contributed by atoms with Crippen LogP contribution in [0.15, 0.2) is 12.1 Å². The van der Waals surface area contributed by atoms with Crippen LogP contribution in [0.5, 0.6) is 0 Å². The Bertz CT molecular complexity index is 323. The van der Waals surface area contributed by atoms with Crippen molar-refractivity contribution in [2.45, 2.75) is 13.8 Å². The molecule has 0 unspecified atom stereocenters. The van der Waals surface area contributed by atoms with Crippen LogP contribution in [-0.2, 0) is 0 Å². The largest absolute Gasteiger partial charge is 0.235 e. The first kappa shape index (κ1) is 7.74. The third-order valence-corrected chi connectivity index (χ3v) is 1.50. The lowest BCUT2D eigenvalue weighted by Gasteiger charge is -1.99. The zero-order valence-corrected chi connectivity index (χ0v) is 6.48. The van der Waals surface area contributed by atoms with E-state index in [4.69, 9.17) is 6.57 Å². The predicted molar refractivity (Wildman–Crippen MR) is 42.1 cm³/mol. The van der Waals surface area contributed by atoms with E-state index in [9.17, 15) is 4.39 Å². The van der Waals surface area contributed by atoms with E-state index in [1.807, 2.05) is 6.92 Å². The van der Waals surface area contributed by atoms with Gasteiger partial charge < -0.3 is 0 Å². The molecule has 0 aromatic heterocycles. The molecule has 0 fully saturated rings. The van der Waals surface area contributed by atoms with Gasteiger partial charge in [0.15, 0.2) is 0 Å². The van der Waals surface area contributed by atoms with E-state index < -0.39 is 5.82 Å². The summed E-state index contributed by atoms with van der Waals surface area (Å²) in [6, 6.07) is 3.28. The highest BCUT2D eigenvalue weighted by atomic mass is 19.1. The zero-order chi connectivity index (χ0) is 8.43. The van der Waals surface area contributed by atoms with Crippen molar-refractivity contribution in [2.24, 2.45) is 0 Å². The van der Waals surface area contributed by atoms with Crippen LogP contribution in [0.3, 0.4) is 0 Å². The third kappa shape index (κ3) is 1.38. The molecule has 0 aliphatic carbocycles. The van der Waals surface area contributed by atoms with E-state index in [-0.39, 0.29) is 5.69 Å². The van der Waals surface area contributed by atoms with E-state index in [0.717, 1.165) is 5.56 Å². The van der Waals surface area contributed by atoms with Gasteiger partial charge in [0.05, 0.1) is 6.57 Å². The zero-order valence-electron chi connectivity index (χ0n) is 6.48. The van der Waals surface area contributed by atoms with Gasteiger partial charge in [-0.15, -0.1) is 0 Å². The van der Waals surface area contributed by atoms with Crippen LogP contribution in [0.2, 0.25) is 0 Å². The Morgan fingerprint density at radius 1 is 1.36 bits per heavy atom. The van der Waals surface area contributed by atoms with Crippen molar-refractivity contribution in [3.63, 3.8) is 0 Å². The second kappa shape index (κ2) is 2.71. The van der Waals surface area contributed by atoms with Crippen LogP contribution in [0.25, 0.3) is 4.85 Å². The van der Waals surface area contributed by atoms with E-state index in [1.165, 1.54) is 0 Å². The minimum absolute atomic E-state index is 0.113. The van der Waals surface area contributed by atoms with Gasteiger partial charge in [-0.1, -0.05) is 17.7 Å². The Kier molecular flexibility index (Phi) is 1.91. The molecule has 0 radical (unpaired) electrons. The molecule has 0 heterocycles. The summed E-state index contributed by atoms with van der Waals surface area (Å²) in [6.45, 7) is 10.2. The predicted octanol–water partition coefficient (Wildman–Crippen LogP) is 2.99. The fraction of sp³-hybridized carbons (Fsp3) is 0.222. The monoisotopic (exact) mass is 149 g/mol. The highest BCUT2D eigenvalue weighted by Crippen LogP contribution is 2.22. The third-order valence-electron chi connectivity index (χ3n) is 1.50. The molecule has 0 saturated carbocycles. The van der Waals surface area contributed by atoms with Crippen molar-refractivity contribution in [3.8, 4) is 0 Å². The average Bonchev–Trinajstić information content (AvgIpc) is 1.96. The van der Waals surface area contributed by atoms with Gasteiger partial charge in [-0.3, -0.25) is 0 Å². The maximum atomic E-state index is 13.0. The van der Waals surface area contributed by atoms with E-state index in [2.05, 4.69) is 4.85 Å². The topological polar surface area (TPSA) is 4.36 Å². The number of rotatable bonds is 0. The molecule has 1 nitrogen and oxygen atoms in total. The van der Waals surface area contributed by atoms with Crippen LogP contribution in [0, 0.1) is 26.2 Å². The lowest BCUT2D eigenvalue weighted by molar-refractivity contribution is 0.624. The standard InChI is InChI=1S/C9H8FN/c1-6-4-7(2)9(10)8(5-6)11-3/h4-5H,1-2H3. The fourth-order valence-corrected chi connectivity index (χ4v) is 1.01. The van der Waals surface area contributed by atoms with Gasteiger partial charge >= 0.3 is 0 Å². The average molecular weight is 149 g/mol. The van der Waals surface area contributed by atoms with Gasteiger partial charge in [0, 0.05) is 0 Å². The van der Waals surface area contributed by atoms with E-state index in [1.54, 1.807) is 19.1 Å². The molecule has 0 N–H and O–H groups in total. The Labute approximate surface area is 65.3 Å². The summed E-state index contributed by atoms with van der Waals surface area (Å²) >= 11 is 0. The molecule has 2 heteroatoms. The molecule has 0 aliphatic rings. The summed E-state index contributed by atoms with van der Waals surface area (Å²) < 4.78 is 13.0. The number of hydrogen-bond acceptors (Lipinski definition) is 0. The second-order valence-electron chi connectivity index (χ2n) is 2.53. The van der Waals surface area contributed by atoms with Crippen molar-refractivity contribution < 1.29 is 4.39 Å². The molecule has 1 aromatic carbocycles. The smallest absolute Gasteiger partial charge is 0.222 e. The normalized spacial score (nSPS) is 9.27. The number of aryl methyl sites for hydroxylation is 2. The van der Waals surface area contributed by atoms with Gasteiger partial charge in [0.2, 0.25) is 5.69 Å². The highest BCUT2D eigenvalue weighted by molar-refractivity contribution is 5.50. The van der Waals surface area contributed by atoms with Crippen LogP contribution in [-0.4, -0.2) is 0 Å². The Hall–Kier alpha value is -1.36. The molecule has 0 atom stereocenters. The summed E-state index contributed by atoms with van der Waals surface area (Å²) in [5.41, 5.74) is 1.58. The van der Waals surface area contributed by atoms with Crippen LogP contribution in [0.4, 0.5) is 10.1 Å². The maximum Gasteiger partial charge on any atom is 0.222 e.